The normalized spacial score (nSPS) is 15.2. The standard InChI is InChI=1S/C21H23F3N4S2.CO2/c1-13(2)29-19-18(27-9-7-21(23,24)8-10-27)25-20(30-19)28-12-17(14(3)26-28)15-5-4-6-16(22)11-15;2-1-3/h4-6,11-13H,7-10H2,1-3H3;. The fourth-order valence-electron chi connectivity index (χ4n) is 3.42. The number of nitrogens with zero attached hydrogens (tertiary/aromatic N) is 4. The molecule has 0 amide bonds. The summed E-state index contributed by atoms with van der Waals surface area (Å²) in [4.78, 5) is 23.0. The Morgan fingerprint density at radius 2 is 1.88 bits per heavy atom. The molecule has 0 atom stereocenters. The van der Waals surface area contributed by atoms with Crippen molar-refractivity contribution in [1.29, 1.82) is 0 Å². The van der Waals surface area contributed by atoms with E-state index in [1.807, 2.05) is 24.1 Å². The van der Waals surface area contributed by atoms with Gasteiger partial charge in [-0.15, -0.1) is 11.8 Å². The molecule has 0 radical (unpaired) electrons. The highest BCUT2D eigenvalue weighted by Crippen LogP contribution is 2.41. The van der Waals surface area contributed by atoms with Gasteiger partial charge in [-0.25, -0.2) is 17.9 Å². The molecule has 1 fully saturated rings. The summed E-state index contributed by atoms with van der Waals surface area (Å²) in [6.07, 6.45) is 1.79. The summed E-state index contributed by atoms with van der Waals surface area (Å²) in [6.45, 7) is 6.64. The lowest BCUT2D eigenvalue weighted by molar-refractivity contribution is -0.191. The van der Waals surface area contributed by atoms with Crippen LogP contribution in [0.4, 0.5) is 19.0 Å². The van der Waals surface area contributed by atoms with E-state index in [1.165, 1.54) is 23.5 Å². The predicted molar refractivity (Wildman–Crippen MR) is 122 cm³/mol. The van der Waals surface area contributed by atoms with E-state index in [2.05, 4.69) is 18.9 Å². The summed E-state index contributed by atoms with van der Waals surface area (Å²) in [5.41, 5.74) is 2.36. The number of thioether (sulfide) groups is 1. The smallest absolute Gasteiger partial charge is 0.354 e. The van der Waals surface area contributed by atoms with Crippen LogP contribution in [0, 0.1) is 12.7 Å². The Morgan fingerprint density at radius 1 is 1.21 bits per heavy atom. The third-order valence-corrected chi connectivity index (χ3v) is 7.17. The van der Waals surface area contributed by atoms with Crippen molar-refractivity contribution in [3.63, 3.8) is 0 Å². The molecule has 4 rings (SSSR count). The van der Waals surface area contributed by atoms with Gasteiger partial charge in [-0.3, -0.25) is 0 Å². The first-order chi connectivity index (χ1) is 15.6. The molecule has 3 aromatic rings. The van der Waals surface area contributed by atoms with Crippen LogP contribution < -0.4 is 4.90 Å². The van der Waals surface area contributed by atoms with Crippen molar-refractivity contribution >= 4 is 35.1 Å². The van der Waals surface area contributed by atoms with Crippen LogP contribution in [0.3, 0.4) is 0 Å². The number of aromatic nitrogens is 3. The molecule has 2 aromatic heterocycles. The van der Waals surface area contributed by atoms with E-state index in [9.17, 15) is 13.2 Å². The van der Waals surface area contributed by atoms with E-state index in [4.69, 9.17) is 14.6 Å². The average molecular weight is 497 g/mol. The van der Waals surface area contributed by atoms with Gasteiger partial charge in [-0.1, -0.05) is 37.3 Å². The number of hydrogen-bond donors (Lipinski definition) is 0. The van der Waals surface area contributed by atoms with Crippen LogP contribution in [-0.4, -0.2) is 45.2 Å². The van der Waals surface area contributed by atoms with Crippen LogP contribution in [0.5, 0.6) is 0 Å². The first-order valence-electron chi connectivity index (χ1n) is 10.3. The number of hydrogen-bond acceptors (Lipinski definition) is 7. The second-order valence-corrected chi connectivity index (χ2v) is 10.6. The van der Waals surface area contributed by atoms with E-state index >= 15 is 0 Å². The Balaban J connectivity index is 0.000000968. The molecule has 3 heterocycles. The maximum atomic E-state index is 13.7. The van der Waals surface area contributed by atoms with Crippen molar-refractivity contribution < 1.29 is 22.8 Å². The molecule has 0 saturated carbocycles. The lowest BCUT2D eigenvalue weighted by Gasteiger charge is -2.32. The van der Waals surface area contributed by atoms with E-state index in [0.717, 1.165) is 26.8 Å². The van der Waals surface area contributed by atoms with Crippen molar-refractivity contribution in [3.05, 3.63) is 42.0 Å². The van der Waals surface area contributed by atoms with Crippen molar-refractivity contribution in [2.45, 2.75) is 49.0 Å². The average Bonchev–Trinajstić information content (AvgIpc) is 3.32. The largest absolute Gasteiger partial charge is 0.373 e. The van der Waals surface area contributed by atoms with Gasteiger partial charge in [-0.05, 0) is 24.6 Å². The summed E-state index contributed by atoms with van der Waals surface area (Å²) in [5.74, 6) is -2.14. The highest BCUT2D eigenvalue weighted by atomic mass is 32.2. The lowest BCUT2D eigenvalue weighted by atomic mass is 10.1. The minimum atomic E-state index is -2.60. The van der Waals surface area contributed by atoms with E-state index in [-0.39, 0.29) is 37.9 Å². The van der Waals surface area contributed by atoms with Gasteiger partial charge >= 0.3 is 6.15 Å². The Kier molecular flexibility index (Phi) is 7.99. The van der Waals surface area contributed by atoms with Crippen LogP contribution in [0.1, 0.15) is 32.4 Å². The number of aryl methyl sites for hydroxylation is 1. The van der Waals surface area contributed by atoms with Crippen molar-refractivity contribution in [2.24, 2.45) is 0 Å². The second kappa shape index (κ2) is 10.5. The van der Waals surface area contributed by atoms with Gasteiger partial charge in [0.25, 0.3) is 5.92 Å². The summed E-state index contributed by atoms with van der Waals surface area (Å²) in [7, 11) is 0. The molecule has 6 nitrogen and oxygen atoms in total. The molecule has 0 unspecified atom stereocenters. The van der Waals surface area contributed by atoms with E-state index in [0.29, 0.717) is 10.4 Å². The van der Waals surface area contributed by atoms with Crippen LogP contribution in [-0.2, 0) is 9.59 Å². The molecule has 0 spiro atoms. The topological polar surface area (TPSA) is 68.1 Å². The number of piperidine rings is 1. The lowest BCUT2D eigenvalue weighted by Crippen LogP contribution is -2.39. The van der Waals surface area contributed by atoms with Crippen LogP contribution in [0.25, 0.3) is 16.3 Å². The molecule has 1 aliphatic rings. The molecule has 0 aliphatic carbocycles. The maximum absolute atomic E-state index is 13.7. The summed E-state index contributed by atoms with van der Waals surface area (Å²) in [6, 6.07) is 6.41. The highest BCUT2D eigenvalue weighted by molar-refractivity contribution is 8.01. The van der Waals surface area contributed by atoms with Gasteiger partial charge < -0.3 is 4.90 Å². The third-order valence-electron chi connectivity index (χ3n) is 4.94. The van der Waals surface area contributed by atoms with Crippen LogP contribution >= 0.6 is 23.1 Å². The first kappa shape index (κ1) is 25.0. The fraction of sp³-hybridized carbons (Fsp3) is 0.409. The zero-order valence-electron chi connectivity index (χ0n) is 18.3. The summed E-state index contributed by atoms with van der Waals surface area (Å²) < 4.78 is 43.6. The van der Waals surface area contributed by atoms with Crippen molar-refractivity contribution in [3.8, 4) is 16.3 Å². The van der Waals surface area contributed by atoms with Gasteiger partial charge in [0.15, 0.2) is 5.82 Å². The second-order valence-electron chi connectivity index (χ2n) is 7.78. The molecule has 1 aliphatic heterocycles. The molecule has 0 bridgehead atoms. The molecule has 1 aromatic carbocycles. The van der Waals surface area contributed by atoms with Crippen molar-refractivity contribution in [1.82, 2.24) is 14.8 Å². The number of rotatable bonds is 5. The monoisotopic (exact) mass is 496 g/mol. The number of anilines is 1. The fourth-order valence-corrected chi connectivity index (χ4v) is 5.87. The number of carbonyl (C=O) groups excluding carboxylic acids is 2. The number of thiazole rings is 1. The Bertz CT molecular complexity index is 1130. The molecule has 176 valence electrons. The van der Waals surface area contributed by atoms with Crippen molar-refractivity contribution in [2.75, 3.05) is 18.0 Å². The quantitative estimate of drug-likeness (QED) is 0.429. The molecule has 33 heavy (non-hydrogen) atoms. The van der Waals surface area contributed by atoms with Gasteiger partial charge in [0.05, 0.1) is 5.69 Å². The molecule has 11 heteroatoms. The van der Waals surface area contributed by atoms with Crippen LogP contribution in [0.15, 0.2) is 34.7 Å². The number of alkyl halides is 2. The number of benzene rings is 1. The van der Waals surface area contributed by atoms with Crippen LogP contribution in [0.2, 0.25) is 0 Å². The summed E-state index contributed by atoms with van der Waals surface area (Å²) in [5, 5.41) is 5.60. The predicted octanol–water partition coefficient (Wildman–Crippen LogP) is 5.60. The maximum Gasteiger partial charge on any atom is 0.373 e. The number of halogens is 3. The highest BCUT2D eigenvalue weighted by Gasteiger charge is 2.35. The SMILES string of the molecule is Cc1nn(-c2nc(N3CCC(F)(F)CC3)c(SC(C)C)s2)cc1-c1cccc(F)c1.O=C=O. The Morgan fingerprint density at radius 3 is 2.48 bits per heavy atom. The Labute approximate surface area is 197 Å². The zero-order chi connectivity index (χ0) is 24.2. The molecule has 1 saturated heterocycles. The summed E-state index contributed by atoms with van der Waals surface area (Å²) >= 11 is 3.18. The van der Waals surface area contributed by atoms with Gasteiger partial charge in [0, 0.05) is 42.9 Å². The first-order valence-corrected chi connectivity index (χ1v) is 11.9. The zero-order valence-corrected chi connectivity index (χ0v) is 20.0. The minimum absolute atomic E-state index is 0.157. The minimum Gasteiger partial charge on any atom is -0.354 e. The van der Waals surface area contributed by atoms with Gasteiger partial charge in [0.1, 0.15) is 10.0 Å². The van der Waals surface area contributed by atoms with Gasteiger partial charge in [0.2, 0.25) is 5.13 Å². The third kappa shape index (κ3) is 6.25. The molecule has 0 N–H and O–H groups in total. The molecular weight excluding hydrogens is 473 g/mol. The molecular formula is C22H23F3N4O2S2. The van der Waals surface area contributed by atoms with E-state index < -0.39 is 5.92 Å². The van der Waals surface area contributed by atoms with E-state index in [1.54, 1.807) is 22.5 Å². The Hall–Kier alpha value is -2.62. The van der Waals surface area contributed by atoms with Gasteiger partial charge in [-0.2, -0.15) is 19.7 Å².